The van der Waals surface area contributed by atoms with Crippen molar-refractivity contribution in [3.05, 3.63) is 78.2 Å². The molecule has 0 aliphatic carbocycles. The zero-order valence-electron chi connectivity index (χ0n) is 20.5. The van der Waals surface area contributed by atoms with Gasteiger partial charge in [-0.05, 0) is 55.0 Å². The summed E-state index contributed by atoms with van der Waals surface area (Å²) in [6.45, 7) is 1.79. The molecule has 3 aromatic heterocycles. The molecule has 3 heterocycles. The number of hydrogen-bond acceptors (Lipinski definition) is 10. The van der Waals surface area contributed by atoms with Gasteiger partial charge in [-0.2, -0.15) is 10.5 Å². The lowest BCUT2D eigenvalue weighted by Crippen LogP contribution is -2.25. The van der Waals surface area contributed by atoms with Gasteiger partial charge in [-0.25, -0.2) is 18.4 Å². The van der Waals surface area contributed by atoms with Crippen molar-refractivity contribution in [2.24, 2.45) is 0 Å². The third kappa shape index (κ3) is 6.01. The number of carbonyl (C=O) groups excluding carboxylic acids is 1. The van der Waals surface area contributed by atoms with Gasteiger partial charge in [-0.1, -0.05) is 24.8 Å². The second-order valence-corrected chi connectivity index (χ2v) is 10.9. The maximum Gasteiger partial charge on any atom is 0.263 e. The molecule has 11 nitrogen and oxygen atoms in total. The summed E-state index contributed by atoms with van der Waals surface area (Å²) >= 11 is 1.03. The van der Waals surface area contributed by atoms with Crippen LogP contribution in [-0.4, -0.2) is 29.5 Å². The number of nitrogen functional groups attached to an aromatic ring is 1. The van der Waals surface area contributed by atoms with E-state index in [-0.39, 0.29) is 44.0 Å². The zero-order valence-corrected chi connectivity index (χ0v) is 22.1. The fourth-order valence-corrected chi connectivity index (χ4v) is 5.59. The molecule has 0 aliphatic heterocycles. The molecule has 1 aromatic carbocycles. The molecule has 1 atom stereocenters. The molecule has 0 spiro atoms. The average molecular weight is 560 g/mol. The number of amides is 1. The first-order valence-corrected chi connectivity index (χ1v) is 13.8. The molecule has 4 aromatic rings. The van der Waals surface area contributed by atoms with Gasteiger partial charge in [0.05, 0.1) is 27.5 Å². The Morgan fingerprint density at radius 3 is 2.44 bits per heavy atom. The highest BCUT2D eigenvalue weighted by molar-refractivity contribution is 8.00. The van der Waals surface area contributed by atoms with Crippen LogP contribution in [0.5, 0.6) is 0 Å². The second kappa shape index (κ2) is 11.7. The van der Waals surface area contributed by atoms with E-state index in [1.54, 1.807) is 31.2 Å². The van der Waals surface area contributed by atoms with Gasteiger partial charge in [0, 0.05) is 11.9 Å². The Hall–Kier alpha value is -4.85. The summed E-state index contributed by atoms with van der Waals surface area (Å²) in [4.78, 5) is 21.3. The number of nitrogens with one attached hydrogen (secondary N) is 2. The molecule has 0 saturated heterocycles. The summed E-state index contributed by atoms with van der Waals surface area (Å²) < 4.78 is 33.1. The van der Waals surface area contributed by atoms with Crippen molar-refractivity contribution < 1.29 is 17.6 Å². The fourth-order valence-electron chi connectivity index (χ4n) is 3.57. The molecule has 0 bridgehead atoms. The molecule has 196 valence electrons. The number of thioether (sulfide) groups is 1. The van der Waals surface area contributed by atoms with Crippen LogP contribution in [0.3, 0.4) is 0 Å². The van der Waals surface area contributed by atoms with Crippen LogP contribution in [0.15, 0.2) is 81.4 Å². The van der Waals surface area contributed by atoms with E-state index in [4.69, 9.17) is 10.2 Å². The standard InChI is InChI=1S/C26H21N7O4S2/c1-2-21(38-26-19(15-28)23(20-6-5-13-37-20)18(14-27)24(29)32-26)25(34)31-16-8-10-17(11-9-16)39(35,36)33-22-7-3-4-12-30-22/h3-13,21H,2H2,1H3,(H2,29,32)(H,30,33)(H,31,34). The summed E-state index contributed by atoms with van der Waals surface area (Å²) in [5.41, 5.74) is 6.69. The van der Waals surface area contributed by atoms with Gasteiger partial charge in [0.15, 0.2) is 0 Å². The topological polar surface area (TPSA) is 188 Å². The Bertz CT molecular complexity index is 1680. The van der Waals surface area contributed by atoms with Gasteiger partial charge in [-0.15, -0.1) is 0 Å². The lowest BCUT2D eigenvalue weighted by atomic mass is 10.0. The van der Waals surface area contributed by atoms with Gasteiger partial charge in [0.25, 0.3) is 10.0 Å². The van der Waals surface area contributed by atoms with Crippen molar-refractivity contribution in [2.45, 2.75) is 28.5 Å². The third-order valence-electron chi connectivity index (χ3n) is 5.44. The number of pyridine rings is 2. The van der Waals surface area contributed by atoms with Gasteiger partial charge < -0.3 is 15.5 Å². The van der Waals surface area contributed by atoms with Crippen molar-refractivity contribution in [3.63, 3.8) is 0 Å². The quantitative estimate of drug-likeness (QED) is 0.248. The van der Waals surface area contributed by atoms with Crippen LogP contribution in [0.25, 0.3) is 11.3 Å². The zero-order chi connectivity index (χ0) is 28.0. The van der Waals surface area contributed by atoms with E-state index in [0.29, 0.717) is 12.1 Å². The number of rotatable bonds is 9. The number of sulfonamides is 1. The normalized spacial score (nSPS) is 11.7. The van der Waals surface area contributed by atoms with E-state index in [9.17, 15) is 23.7 Å². The van der Waals surface area contributed by atoms with E-state index in [2.05, 4.69) is 26.1 Å². The van der Waals surface area contributed by atoms with Crippen LogP contribution < -0.4 is 15.8 Å². The van der Waals surface area contributed by atoms with Gasteiger partial charge in [0.2, 0.25) is 5.91 Å². The number of nitriles is 2. The number of anilines is 3. The Morgan fingerprint density at radius 2 is 1.85 bits per heavy atom. The molecule has 4 rings (SSSR count). The molecule has 0 fully saturated rings. The average Bonchev–Trinajstić information content (AvgIpc) is 3.46. The van der Waals surface area contributed by atoms with E-state index < -0.39 is 21.2 Å². The first kappa shape index (κ1) is 27.2. The van der Waals surface area contributed by atoms with Gasteiger partial charge >= 0.3 is 0 Å². The predicted molar refractivity (Wildman–Crippen MR) is 146 cm³/mol. The fraction of sp³-hybridized carbons (Fsp3) is 0.115. The van der Waals surface area contributed by atoms with Crippen LogP contribution in [0, 0.1) is 22.7 Å². The molecule has 39 heavy (non-hydrogen) atoms. The summed E-state index contributed by atoms with van der Waals surface area (Å²) in [5, 5.41) is 21.8. The largest absolute Gasteiger partial charge is 0.464 e. The minimum Gasteiger partial charge on any atom is -0.464 e. The summed E-state index contributed by atoms with van der Waals surface area (Å²) in [7, 11) is -3.87. The predicted octanol–water partition coefficient (Wildman–Crippen LogP) is 4.37. The highest BCUT2D eigenvalue weighted by Gasteiger charge is 2.26. The number of nitrogens with zero attached hydrogens (tertiary/aromatic N) is 4. The van der Waals surface area contributed by atoms with E-state index >= 15 is 0 Å². The van der Waals surface area contributed by atoms with Crippen LogP contribution in [0.4, 0.5) is 17.3 Å². The van der Waals surface area contributed by atoms with E-state index in [0.717, 1.165) is 11.8 Å². The number of aromatic nitrogens is 2. The molecular weight excluding hydrogens is 538 g/mol. The summed E-state index contributed by atoms with van der Waals surface area (Å²) in [5.74, 6) is -0.0135. The number of nitrogens with two attached hydrogens (primary N) is 1. The van der Waals surface area contributed by atoms with E-state index in [1.165, 1.54) is 42.8 Å². The SMILES string of the molecule is CCC(Sc1nc(N)c(C#N)c(-c2ccco2)c1C#N)C(=O)Nc1ccc(S(=O)(=O)Nc2ccccn2)cc1. The number of carbonyl (C=O) groups is 1. The van der Waals surface area contributed by atoms with Gasteiger partial charge in [-0.3, -0.25) is 9.52 Å². The highest BCUT2D eigenvalue weighted by Crippen LogP contribution is 2.37. The monoisotopic (exact) mass is 559 g/mol. The minimum absolute atomic E-state index is 0.00561. The molecule has 0 saturated carbocycles. The van der Waals surface area contributed by atoms with Crippen LogP contribution in [0.2, 0.25) is 0 Å². The smallest absolute Gasteiger partial charge is 0.263 e. The second-order valence-electron chi connectivity index (χ2n) is 7.98. The van der Waals surface area contributed by atoms with E-state index in [1.807, 2.05) is 6.07 Å². The first-order chi connectivity index (χ1) is 18.8. The maximum atomic E-state index is 13.1. The molecule has 4 N–H and O–H groups in total. The number of hydrogen-bond donors (Lipinski definition) is 3. The van der Waals surface area contributed by atoms with Crippen molar-refractivity contribution >= 4 is 45.0 Å². The Morgan fingerprint density at radius 1 is 1.10 bits per heavy atom. The van der Waals surface area contributed by atoms with Crippen molar-refractivity contribution in [1.29, 1.82) is 10.5 Å². The Kier molecular flexibility index (Phi) is 8.15. The third-order valence-corrected chi connectivity index (χ3v) is 8.16. The summed E-state index contributed by atoms with van der Waals surface area (Å²) in [6, 6.07) is 17.8. The Labute approximate surface area is 228 Å². The molecule has 1 amide bonds. The van der Waals surface area contributed by atoms with Crippen LogP contribution in [-0.2, 0) is 14.8 Å². The van der Waals surface area contributed by atoms with Crippen molar-refractivity contribution in [1.82, 2.24) is 9.97 Å². The molecule has 0 radical (unpaired) electrons. The number of benzene rings is 1. The lowest BCUT2D eigenvalue weighted by molar-refractivity contribution is -0.115. The molecule has 13 heteroatoms. The molecule has 1 unspecified atom stereocenters. The highest BCUT2D eigenvalue weighted by atomic mass is 32.2. The molecule has 0 aliphatic rings. The molecular formula is C26H21N7O4S2. The lowest BCUT2D eigenvalue weighted by Gasteiger charge is -2.17. The van der Waals surface area contributed by atoms with Gasteiger partial charge in [0.1, 0.15) is 40.1 Å². The van der Waals surface area contributed by atoms with Crippen LogP contribution >= 0.6 is 11.8 Å². The van der Waals surface area contributed by atoms with Crippen molar-refractivity contribution in [3.8, 4) is 23.5 Å². The minimum atomic E-state index is -3.87. The first-order valence-electron chi connectivity index (χ1n) is 11.5. The number of furan rings is 1. The Balaban J connectivity index is 1.54. The van der Waals surface area contributed by atoms with Crippen molar-refractivity contribution in [2.75, 3.05) is 15.8 Å². The maximum absolute atomic E-state index is 13.1. The van der Waals surface area contributed by atoms with Crippen LogP contribution in [0.1, 0.15) is 24.5 Å². The summed E-state index contributed by atoms with van der Waals surface area (Å²) in [6.07, 6.45) is 3.26.